The summed E-state index contributed by atoms with van der Waals surface area (Å²) in [4.78, 5) is 0.953. The molecule has 0 fully saturated rings. The van der Waals surface area contributed by atoms with Crippen molar-refractivity contribution in [1.29, 1.82) is 0 Å². The molecule has 1 aromatic heterocycles. The van der Waals surface area contributed by atoms with E-state index in [2.05, 4.69) is 16.6 Å². The summed E-state index contributed by atoms with van der Waals surface area (Å²) in [6.07, 6.45) is 0. The maximum absolute atomic E-state index is 12.3. The van der Waals surface area contributed by atoms with Crippen molar-refractivity contribution >= 4 is 27.0 Å². The van der Waals surface area contributed by atoms with Crippen molar-refractivity contribution in [2.75, 3.05) is 11.3 Å². The Morgan fingerprint density at radius 2 is 2.00 bits per heavy atom. The van der Waals surface area contributed by atoms with E-state index in [9.17, 15) is 8.42 Å². The summed E-state index contributed by atoms with van der Waals surface area (Å²) >= 11 is 1.24. The first-order valence-corrected chi connectivity index (χ1v) is 8.60. The molecule has 0 aliphatic carbocycles. The molecule has 0 bridgehead atoms. The number of nitrogens with two attached hydrogens (primary N) is 1. The van der Waals surface area contributed by atoms with Crippen LogP contribution in [0.1, 0.15) is 16.0 Å². The molecule has 0 saturated heterocycles. The van der Waals surface area contributed by atoms with Gasteiger partial charge in [-0.1, -0.05) is 11.8 Å². The Kier molecular flexibility index (Phi) is 4.68. The van der Waals surface area contributed by atoms with Gasteiger partial charge >= 0.3 is 0 Å². The molecular weight excluding hydrogens is 304 g/mol. The molecule has 21 heavy (non-hydrogen) atoms. The van der Waals surface area contributed by atoms with Gasteiger partial charge in [0.2, 0.25) is 0 Å². The van der Waals surface area contributed by atoms with E-state index in [1.165, 1.54) is 11.3 Å². The van der Waals surface area contributed by atoms with Crippen LogP contribution in [0.2, 0.25) is 0 Å². The number of anilines is 1. The van der Waals surface area contributed by atoms with E-state index in [-0.39, 0.29) is 6.54 Å². The van der Waals surface area contributed by atoms with E-state index in [0.29, 0.717) is 9.90 Å². The lowest BCUT2D eigenvalue weighted by atomic mass is 10.1. The average molecular weight is 320 g/mol. The van der Waals surface area contributed by atoms with Crippen LogP contribution >= 0.6 is 11.3 Å². The summed E-state index contributed by atoms with van der Waals surface area (Å²) in [5.41, 5.74) is 7.52. The minimum absolute atomic E-state index is 0.267. The molecule has 110 valence electrons. The molecule has 1 aromatic carbocycles. The molecule has 0 amide bonds. The number of nitrogens with one attached hydrogen (secondary N) is 1. The van der Waals surface area contributed by atoms with E-state index in [4.69, 9.17) is 5.73 Å². The van der Waals surface area contributed by atoms with E-state index in [1.54, 1.807) is 24.3 Å². The zero-order valence-corrected chi connectivity index (χ0v) is 13.4. The summed E-state index contributed by atoms with van der Waals surface area (Å²) in [5.74, 6) is 5.67. The van der Waals surface area contributed by atoms with Crippen LogP contribution in [0.5, 0.6) is 0 Å². The van der Waals surface area contributed by atoms with Crippen molar-refractivity contribution in [3.63, 3.8) is 0 Å². The van der Waals surface area contributed by atoms with Crippen molar-refractivity contribution in [3.05, 3.63) is 46.3 Å². The molecule has 0 unspecified atom stereocenters. The van der Waals surface area contributed by atoms with Crippen LogP contribution in [0, 0.1) is 25.7 Å². The first-order chi connectivity index (χ1) is 9.90. The number of hydrogen-bond donors (Lipinski definition) is 2. The maximum atomic E-state index is 12.3. The summed E-state index contributed by atoms with van der Waals surface area (Å²) in [5, 5.41) is 0. The molecule has 0 spiro atoms. The number of benzene rings is 1. The summed E-state index contributed by atoms with van der Waals surface area (Å²) < 4.78 is 27.5. The number of thiophene rings is 1. The quantitative estimate of drug-likeness (QED) is 0.853. The lowest BCUT2D eigenvalue weighted by Crippen LogP contribution is -2.11. The zero-order valence-electron chi connectivity index (χ0n) is 11.8. The van der Waals surface area contributed by atoms with Gasteiger partial charge in [-0.3, -0.25) is 4.72 Å². The third-order valence-corrected chi connectivity index (χ3v) is 5.52. The Morgan fingerprint density at radius 3 is 2.62 bits per heavy atom. The summed E-state index contributed by atoms with van der Waals surface area (Å²) in [7, 11) is -3.55. The summed E-state index contributed by atoms with van der Waals surface area (Å²) in [6, 6.07) is 8.75. The van der Waals surface area contributed by atoms with E-state index >= 15 is 0 Å². The Morgan fingerprint density at radius 1 is 1.24 bits per heavy atom. The molecule has 0 atom stereocenters. The van der Waals surface area contributed by atoms with Gasteiger partial charge in [-0.25, -0.2) is 8.42 Å². The normalized spacial score (nSPS) is 10.8. The molecule has 0 radical (unpaired) electrons. The number of hydrogen-bond acceptors (Lipinski definition) is 4. The summed E-state index contributed by atoms with van der Waals surface area (Å²) in [6.45, 7) is 4.03. The number of rotatable bonds is 3. The molecule has 4 nitrogen and oxygen atoms in total. The van der Waals surface area contributed by atoms with Gasteiger partial charge in [-0.15, -0.1) is 11.3 Å². The standard InChI is InChI=1S/C15H16N2O2S2/c1-11-8-13(4-3-7-16)10-14(9-11)17-21(18,19)15-6-5-12(2)20-15/h5-6,8-10,17H,7,16H2,1-2H3. The van der Waals surface area contributed by atoms with Crippen LogP contribution in [-0.2, 0) is 10.0 Å². The Hall–Kier alpha value is -1.81. The van der Waals surface area contributed by atoms with Gasteiger partial charge < -0.3 is 5.73 Å². The van der Waals surface area contributed by atoms with Gasteiger partial charge in [0.15, 0.2) is 0 Å². The highest BCUT2D eigenvalue weighted by molar-refractivity contribution is 7.94. The van der Waals surface area contributed by atoms with Gasteiger partial charge in [0, 0.05) is 10.4 Å². The fourth-order valence-corrected chi connectivity index (χ4v) is 4.15. The van der Waals surface area contributed by atoms with Gasteiger partial charge in [0.05, 0.1) is 12.2 Å². The van der Waals surface area contributed by atoms with Crippen LogP contribution < -0.4 is 10.5 Å². The first-order valence-electron chi connectivity index (χ1n) is 6.30. The second kappa shape index (κ2) is 6.31. The van der Waals surface area contributed by atoms with Crippen LogP contribution in [0.25, 0.3) is 0 Å². The highest BCUT2D eigenvalue weighted by atomic mass is 32.2. The molecular formula is C15H16N2O2S2. The monoisotopic (exact) mass is 320 g/mol. The highest BCUT2D eigenvalue weighted by Gasteiger charge is 2.16. The first kappa shape index (κ1) is 15.6. The molecule has 3 N–H and O–H groups in total. The average Bonchev–Trinajstić information content (AvgIpc) is 2.83. The van der Waals surface area contributed by atoms with Crippen molar-refractivity contribution in [3.8, 4) is 11.8 Å². The highest BCUT2D eigenvalue weighted by Crippen LogP contribution is 2.24. The smallest absolute Gasteiger partial charge is 0.271 e. The second-order valence-electron chi connectivity index (χ2n) is 4.56. The Balaban J connectivity index is 2.33. The lowest BCUT2D eigenvalue weighted by Gasteiger charge is -2.08. The lowest BCUT2D eigenvalue weighted by molar-refractivity contribution is 0.603. The van der Waals surface area contributed by atoms with Crippen molar-refractivity contribution in [2.24, 2.45) is 5.73 Å². The van der Waals surface area contributed by atoms with Gasteiger partial charge in [-0.2, -0.15) is 0 Å². The fourth-order valence-electron chi connectivity index (χ4n) is 1.83. The SMILES string of the molecule is Cc1cc(C#CCN)cc(NS(=O)(=O)c2ccc(C)s2)c1. The fraction of sp³-hybridized carbons (Fsp3) is 0.200. The minimum Gasteiger partial charge on any atom is -0.320 e. The molecule has 1 heterocycles. The maximum Gasteiger partial charge on any atom is 0.271 e. The number of sulfonamides is 1. The van der Waals surface area contributed by atoms with Crippen LogP contribution in [0.3, 0.4) is 0 Å². The van der Waals surface area contributed by atoms with Crippen molar-refractivity contribution in [2.45, 2.75) is 18.1 Å². The molecule has 2 aromatic rings. The molecule has 2 rings (SSSR count). The van der Waals surface area contributed by atoms with Gasteiger partial charge in [-0.05, 0) is 49.7 Å². The van der Waals surface area contributed by atoms with Gasteiger partial charge in [0.1, 0.15) is 4.21 Å². The number of aryl methyl sites for hydroxylation is 2. The largest absolute Gasteiger partial charge is 0.320 e. The van der Waals surface area contributed by atoms with Gasteiger partial charge in [0.25, 0.3) is 10.0 Å². The molecule has 6 heteroatoms. The van der Waals surface area contributed by atoms with Crippen molar-refractivity contribution < 1.29 is 8.42 Å². The topological polar surface area (TPSA) is 72.2 Å². The second-order valence-corrected chi connectivity index (χ2v) is 7.76. The predicted molar refractivity (Wildman–Crippen MR) is 87.0 cm³/mol. The minimum atomic E-state index is -3.55. The van der Waals surface area contributed by atoms with Crippen LogP contribution in [0.4, 0.5) is 5.69 Å². The van der Waals surface area contributed by atoms with E-state index < -0.39 is 10.0 Å². The third-order valence-electron chi connectivity index (χ3n) is 2.64. The predicted octanol–water partition coefficient (Wildman–Crippen LogP) is 2.48. The molecule has 0 aliphatic heterocycles. The molecule has 0 aliphatic rings. The van der Waals surface area contributed by atoms with E-state index in [1.807, 2.05) is 19.9 Å². The van der Waals surface area contributed by atoms with Crippen molar-refractivity contribution in [1.82, 2.24) is 0 Å². The third kappa shape index (κ3) is 4.08. The Labute approximate surface area is 129 Å². The molecule has 0 saturated carbocycles. The van der Waals surface area contributed by atoms with E-state index in [0.717, 1.165) is 16.0 Å². The van der Waals surface area contributed by atoms with Crippen LogP contribution in [-0.4, -0.2) is 15.0 Å². The zero-order chi connectivity index (χ0) is 15.5. The van der Waals surface area contributed by atoms with Crippen LogP contribution in [0.15, 0.2) is 34.5 Å². The Bertz CT molecular complexity index is 812.